The summed E-state index contributed by atoms with van der Waals surface area (Å²) in [5, 5.41) is 1.98. The quantitative estimate of drug-likeness (QED) is 0.510. The van der Waals surface area contributed by atoms with Crippen LogP contribution in [0.3, 0.4) is 0 Å². The Labute approximate surface area is 102 Å². The standard InChI is InChI=1S/C13H20O2S/c1-2-3-4-5-6-9-15-13(14)11-12-8-7-10-16-12/h7-8,10H,2-6,9,11H2,1H3. The van der Waals surface area contributed by atoms with Crippen LogP contribution in [0.5, 0.6) is 0 Å². The lowest BCUT2D eigenvalue weighted by molar-refractivity contribution is -0.142. The molecule has 0 bridgehead atoms. The summed E-state index contributed by atoms with van der Waals surface area (Å²) in [5.74, 6) is -0.0991. The fourth-order valence-electron chi connectivity index (χ4n) is 1.50. The molecule has 0 saturated carbocycles. The second-order valence-electron chi connectivity index (χ2n) is 3.89. The maximum Gasteiger partial charge on any atom is 0.311 e. The Morgan fingerprint density at radius 2 is 2.12 bits per heavy atom. The summed E-state index contributed by atoms with van der Waals surface area (Å²) in [6.07, 6.45) is 6.36. The fourth-order valence-corrected chi connectivity index (χ4v) is 2.19. The van der Waals surface area contributed by atoms with E-state index in [1.165, 1.54) is 25.7 Å². The number of unbranched alkanes of at least 4 members (excludes halogenated alkanes) is 4. The number of carbonyl (C=O) groups excluding carboxylic acids is 1. The monoisotopic (exact) mass is 240 g/mol. The molecule has 90 valence electrons. The van der Waals surface area contributed by atoms with E-state index in [9.17, 15) is 4.79 Å². The van der Waals surface area contributed by atoms with E-state index in [0.29, 0.717) is 13.0 Å². The van der Waals surface area contributed by atoms with Crippen molar-refractivity contribution in [3.8, 4) is 0 Å². The topological polar surface area (TPSA) is 26.3 Å². The number of esters is 1. The Bertz CT molecular complexity index is 280. The van der Waals surface area contributed by atoms with Gasteiger partial charge in [0, 0.05) is 4.88 Å². The van der Waals surface area contributed by atoms with Crippen LogP contribution in [0.15, 0.2) is 17.5 Å². The summed E-state index contributed by atoms with van der Waals surface area (Å²) in [7, 11) is 0. The zero-order valence-corrected chi connectivity index (χ0v) is 10.7. The molecular formula is C13H20O2S. The first-order chi connectivity index (χ1) is 7.83. The summed E-state index contributed by atoms with van der Waals surface area (Å²) in [6, 6.07) is 3.92. The minimum absolute atomic E-state index is 0.0991. The van der Waals surface area contributed by atoms with E-state index >= 15 is 0 Å². The molecule has 1 rings (SSSR count). The van der Waals surface area contributed by atoms with E-state index in [2.05, 4.69) is 6.92 Å². The van der Waals surface area contributed by atoms with Gasteiger partial charge in [0.2, 0.25) is 0 Å². The molecule has 0 unspecified atom stereocenters. The molecule has 0 atom stereocenters. The Morgan fingerprint density at radius 3 is 2.81 bits per heavy atom. The molecular weight excluding hydrogens is 220 g/mol. The molecule has 2 nitrogen and oxygen atoms in total. The van der Waals surface area contributed by atoms with Crippen LogP contribution in [0.2, 0.25) is 0 Å². The van der Waals surface area contributed by atoms with Gasteiger partial charge in [0.25, 0.3) is 0 Å². The summed E-state index contributed by atoms with van der Waals surface area (Å²) in [5.41, 5.74) is 0. The maximum atomic E-state index is 11.4. The van der Waals surface area contributed by atoms with E-state index in [1.54, 1.807) is 11.3 Å². The van der Waals surface area contributed by atoms with Gasteiger partial charge in [0.1, 0.15) is 0 Å². The molecule has 0 saturated heterocycles. The fraction of sp³-hybridized carbons (Fsp3) is 0.615. The van der Waals surface area contributed by atoms with Gasteiger partial charge in [0.15, 0.2) is 0 Å². The first kappa shape index (κ1) is 13.2. The maximum absolute atomic E-state index is 11.4. The highest BCUT2D eigenvalue weighted by Gasteiger charge is 2.04. The summed E-state index contributed by atoms with van der Waals surface area (Å²) in [6.45, 7) is 2.77. The van der Waals surface area contributed by atoms with Gasteiger partial charge in [-0.2, -0.15) is 0 Å². The van der Waals surface area contributed by atoms with Crippen molar-refractivity contribution in [2.45, 2.75) is 45.4 Å². The smallest absolute Gasteiger partial charge is 0.311 e. The normalized spacial score (nSPS) is 10.3. The third-order valence-corrected chi connectivity index (χ3v) is 3.29. The Morgan fingerprint density at radius 1 is 1.31 bits per heavy atom. The Balaban J connectivity index is 1.98. The van der Waals surface area contributed by atoms with Crippen LogP contribution in [-0.4, -0.2) is 12.6 Å². The predicted molar refractivity (Wildman–Crippen MR) is 67.7 cm³/mol. The predicted octanol–water partition coefficient (Wildman–Crippen LogP) is 3.80. The Kier molecular flexibility index (Phi) is 6.90. The van der Waals surface area contributed by atoms with Crippen molar-refractivity contribution in [3.05, 3.63) is 22.4 Å². The van der Waals surface area contributed by atoms with E-state index in [1.807, 2.05) is 17.5 Å². The highest BCUT2D eigenvalue weighted by Crippen LogP contribution is 2.10. The molecule has 1 aromatic heterocycles. The average molecular weight is 240 g/mol. The highest BCUT2D eigenvalue weighted by molar-refractivity contribution is 7.10. The van der Waals surface area contributed by atoms with Crippen LogP contribution in [0, 0.1) is 0 Å². The third kappa shape index (κ3) is 5.91. The van der Waals surface area contributed by atoms with Crippen molar-refractivity contribution >= 4 is 17.3 Å². The number of ether oxygens (including phenoxy) is 1. The number of rotatable bonds is 8. The second-order valence-corrected chi connectivity index (χ2v) is 4.92. The van der Waals surface area contributed by atoms with E-state index in [0.717, 1.165) is 11.3 Å². The largest absolute Gasteiger partial charge is 0.465 e. The molecule has 0 aliphatic rings. The van der Waals surface area contributed by atoms with Crippen LogP contribution in [0.25, 0.3) is 0 Å². The van der Waals surface area contributed by atoms with Gasteiger partial charge in [-0.15, -0.1) is 11.3 Å². The van der Waals surface area contributed by atoms with Crippen molar-refractivity contribution in [1.29, 1.82) is 0 Å². The third-order valence-electron chi connectivity index (χ3n) is 2.41. The number of hydrogen-bond donors (Lipinski definition) is 0. The molecule has 1 heterocycles. The lowest BCUT2D eigenvalue weighted by Crippen LogP contribution is -2.08. The van der Waals surface area contributed by atoms with E-state index < -0.39 is 0 Å². The molecule has 0 N–H and O–H groups in total. The van der Waals surface area contributed by atoms with Crippen LogP contribution >= 0.6 is 11.3 Å². The molecule has 0 spiro atoms. The van der Waals surface area contributed by atoms with Crippen LogP contribution < -0.4 is 0 Å². The molecule has 0 aliphatic heterocycles. The minimum Gasteiger partial charge on any atom is -0.465 e. The van der Waals surface area contributed by atoms with Crippen molar-refractivity contribution in [2.24, 2.45) is 0 Å². The van der Waals surface area contributed by atoms with Gasteiger partial charge in [0.05, 0.1) is 13.0 Å². The molecule has 0 amide bonds. The average Bonchev–Trinajstić information content (AvgIpc) is 2.76. The molecule has 1 aromatic rings. The molecule has 16 heavy (non-hydrogen) atoms. The molecule has 0 fully saturated rings. The van der Waals surface area contributed by atoms with Crippen LogP contribution in [-0.2, 0) is 16.0 Å². The molecule has 0 radical (unpaired) electrons. The van der Waals surface area contributed by atoms with Gasteiger partial charge in [-0.05, 0) is 17.9 Å². The molecule has 3 heteroatoms. The molecule has 0 aliphatic carbocycles. The van der Waals surface area contributed by atoms with E-state index in [-0.39, 0.29) is 5.97 Å². The summed E-state index contributed by atoms with van der Waals surface area (Å²) < 4.78 is 5.16. The van der Waals surface area contributed by atoms with E-state index in [4.69, 9.17) is 4.74 Å². The van der Waals surface area contributed by atoms with Gasteiger partial charge < -0.3 is 4.74 Å². The summed E-state index contributed by atoms with van der Waals surface area (Å²) in [4.78, 5) is 12.5. The first-order valence-corrected chi connectivity index (χ1v) is 6.89. The van der Waals surface area contributed by atoms with Gasteiger partial charge >= 0.3 is 5.97 Å². The van der Waals surface area contributed by atoms with Crippen molar-refractivity contribution in [2.75, 3.05) is 6.61 Å². The van der Waals surface area contributed by atoms with Gasteiger partial charge in [-0.3, -0.25) is 4.79 Å². The summed E-state index contributed by atoms with van der Waals surface area (Å²) >= 11 is 1.60. The second kappa shape index (κ2) is 8.34. The molecule has 0 aromatic carbocycles. The minimum atomic E-state index is -0.0991. The lowest BCUT2D eigenvalue weighted by atomic mass is 10.2. The van der Waals surface area contributed by atoms with Gasteiger partial charge in [-0.25, -0.2) is 0 Å². The number of carbonyl (C=O) groups is 1. The number of thiophene rings is 1. The van der Waals surface area contributed by atoms with Gasteiger partial charge in [-0.1, -0.05) is 38.7 Å². The lowest BCUT2D eigenvalue weighted by Gasteiger charge is -2.03. The van der Waals surface area contributed by atoms with Crippen LogP contribution in [0.1, 0.15) is 43.9 Å². The van der Waals surface area contributed by atoms with Crippen LogP contribution in [0.4, 0.5) is 0 Å². The zero-order valence-electron chi connectivity index (χ0n) is 9.91. The van der Waals surface area contributed by atoms with Crippen molar-refractivity contribution in [3.63, 3.8) is 0 Å². The SMILES string of the molecule is CCCCCCCOC(=O)Cc1cccs1. The van der Waals surface area contributed by atoms with Crippen molar-refractivity contribution < 1.29 is 9.53 Å². The zero-order chi connectivity index (χ0) is 11.6. The first-order valence-electron chi connectivity index (χ1n) is 6.01. The Hall–Kier alpha value is -0.830. The highest BCUT2D eigenvalue weighted by atomic mass is 32.1. The number of hydrogen-bond acceptors (Lipinski definition) is 3. The van der Waals surface area contributed by atoms with Crippen molar-refractivity contribution in [1.82, 2.24) is 0 Å².